The van der Waals surface area contributed by atoms with Crippen LogP contribution in [0.1, 0.15) is 40.5 Å². The van der Waals surface area contributed by atoms with Crippen LogP contribution in [-0.4, -0.2) is 34.4 Å². The van der Waals surface area contributed by atoms with Crippen LogP contribution in [0, 0.1) is 5.41 Å². The maximum Gasteiger partial charge on any atom is 0.168 e. The van der Waals surface area contributed by atoms with Crippen LogP contribution in [0.2, 0.25) is 0 Å². The number of hydrogen-bond donors (Lipinski definition) is 2. The van der Waals surface area contributed by atoms with Crippen molar-refractivity contribution < 1.29 is 15.0 Å². The summed E-state index contributed by atoms with van der Waals surface area (Å²) < 4.78 is 0. The molecule has 0 aromatic heterocycles. The fourth-order valence-electron chi connectivity index (χ4n) is 2.05. The number of nitrogens with zero attached hydrogens (tertiary/aromatic N) is 1. The number of aliphatic imine (C=N–C) groups is 1. The van der Waals surface area contributed by atoms with E-state index in [1.807, 2.05) is 13.8 Å². The second-order valence-corrected chi connectivity index (χ2v) is 5.54. The Kier molecular flexibility index (Phi) is 4.09. The SMILES string of the molecule is CC(=NCC(C)O)C1=C(O)CC(C)(C)CC1=O. The third kappa shape index (κ3) is 3.66. The summed E-state index contributed by atoms with van der Waals surface area (Å²) in [6, 6.07) is 0. The number of ketones is 1. The van der Waals surface area contributed by atoms with Crippen molar-refractivity contribution in [1.82, 2.24) is 0 Å². The van der Waals surface area contributed by atoms with Gasteiger partial charge in [0.05, 0.1) is 18.2 Å². The lowest BCUT2D eigenvalue weighted by Gasteiger charge is -2.29. The average molecular weight is 239 g/mol. The van der Waals surface area contributed by atoms with Crippen molar-refractivity contribution in [2.24, 2.45) is 10.4 Å². The van der Waals surface area contributed by atoms with Crippen LogP contribution < -0.4 is 0 Å². The average Bonchev–Trinajstić information content (AvgIpc) is 2.11. The summed E-state index contributed by atoms with van der Waals surface area (Å²) in [4.78, 5) is 16.1. The number of aliphatic hydroxyl groups is 2. The highest BCUT2D eigenvalue weighted by atomic mass is 16.3. The molecular weight excluding hydrogens is 218 g/mol. The van der Waals surface area contributed by atoms with E-state index in [2.05, 4.69) is 4.99 Å². The lowest BCUT2D eigenvalue weighted by molar-refractivity contribution is -0.117. The summed E-state index contributed by atoms with van der Waals surface area (Å²) in [6.45, 7) is 7.50. The molecule has 0 amide bonds. The van der Waals surface area contributed by atoms with E-state index in [9.17, 15) is 9.90 Å². The van der Waals surface area contributed by atoms with E-state index in [0.717, 1.165) is 0 Å². The van der Waals surface area contributed by atoms with Crippen molar-refractivity contribution in [2.75, 3.05) is 6.54 Å². The molecule has 96 valence electrons. The van der Waals surface area contributed by atoms with E-state index in [-0.39, 0.29) is 23.5 Å². The number of carbonyl (C=O) groups excluding carboxylic acids is 1. The van der Waals surface area contributed by atoms with Gasteiger partial charge in [0.25, 0.3) is 0 Å². The van der Waals surface area contributed by atoms with Crippen LogP contribution in [0.15, 0.2) is 16.3 Å². The Morgan fingerprint density at radius 3 is 2.53 bits per heavy atom. The first-order chi connectivity index (χ1) is 7.73. The number of allylic oxidation sites excluding steroid dienone is 2. The molecule has 0 fully saturated rings. The first-order valence-electron chi connectivity index (χ1n) is 5.88. The van der Waals surface area contributed by atoms with Crippen LogP contribution in [0.25, 0.3) is 0 Å². The molecule has 1 atom stereocenters. The summed E-state index contributed by atoms with van der Waals surface area (Å²) in [5.74, 6) is 0.0590. The minimum absolute atomic E-state index is 0.0643. The molecule has 0 aliphatic heterocycles. The molecule has 17 heavy (non-hydrogen) atoms. The second-order valence-electron chi connectivity index (χ2n) is 5.54. The zero-order valence-corrected chi connectivity index (χ0v) is 10.9. The van der Waals surface area contributed by atoms with Crippen LogP contribution in [-0.2, 0) is 4.79 Å². The van der Waals surface area contributed by atoms with Gasteiger partial charge in [-0.15, -0.1) is 0 Å². The Labute approximate surface area is 102 Å². The predicted octanol–water partition coefficient (Wildman–Crippen LogP) is 2.03. The largest absolute Gasteiger partial charge is 0.511 e. The third-order valence-electron chi connectivity index (χ3n) is 2.81. The molecule has 0 aromatic carbocycles. The van der Waals surface area contributed by atoms with Gasteiger partial charge in [-0.25, -0.2) is 0 Å². The first-order valence-corrected chi connectivity index (χ1v) is 5.88. The predicted molar refractivity (Wildman–Crippen MR) is 67.3 cm³/mol. The van der Waals surface area contributed by atoms with Gasteiger partial charge in [0.15, 0.2) is 5.78 Å². The number of Topliss-reactive ketones (excluding diaryl/α,β-unsaturated/α-hetero) is 1. The van der Waals surface area contributed by atoms with E-state index >= 15 is 0 Å². The first kappa shape index (κ1) is 13.9. The summed E-state index contributed by atoms with van der Waals surface area (Å²) in [6.07, 6.45) is 0.381. The van der Waals surface area contributed by atoms with Crippen LogP contribution in [0.4, 0.5) is 0 Å². The van der Waals surface area contributed by atoms with Gasteiger partial charge >= 0.3 is 0 Å². The maximum atomic E-state index is 11.9. The molecule has 0 bridgehead atoms. The molecule has 0 saturated heterocycles. The number of rotatable bonds is 3. The molecule has 1 unspecified atom stereocenters. The van der Waals surface area contributed by atoms with Gasteiger partial charge in [-0.05, 0) is 19.3 Å². The molecule has 0 aromatic rings. The monoisotopic (exact) mass is 239 g/mol. The molecule has 4 heteroatoms. The Hall–Kier alpha value is -1.16. The molecule has 0 saturated carbocycles. The fourth-order valence-corrected chi connectivity index (χ4v) is 2.05. The lowest BCUT2D eigenvalue weighted by Crippen LogP contribution is -2.28. The van der Waals surface area contributed by atoms with Crippen LogP contribution in [0.3, 0.4) is 0 Å². The van der Waals surface area contributed by atoms with Gasteiger partial charge in [0.2, 0.25) is 0 Å². The molecule has 0 radical (unpaired) electrons. The number of hydrogen-bond acceptors (Lipinski definition) is 4. The van der Waals surface area contributed by atoms with Crippen molar-refractivity contribution in [2.45, 2.75) is 46.6 Å². The zero-order valence-electron chi connectivity index (χ0n) is 10.9. The van der Waals surface area contributed by atoms with Crippen LogP contribution >= 0.6 is 0 Å². The third-order valence-corrected chi connectivity index (χ3v) is 2.81. The normalized spacial score (nSPS) is 22.9. The number of carbonyl (C=O) groups is 1. The zero-order chi connectivity index (χ0) is 13.2. The maximum absolute atomic E-state index is 11.9. The van der Waals surface area contributed by atoms with Gasteiger partial charge in [0, 0.05) is 18.6 Å². The quantitative estimate of drug-likeness (QED) is 0.740. The molecule has 0 spiro atoms. The molecule has 1 aliphatic rings. The Morgan fingerprint density at radius 2 is 2.06 bits per heavy atom. The highest BCUT2D eigenvalue weighted by molar-refractivity contribution is 6.22. The molecule has 1 rings (SSSR count). The van der Waals surface area contributed by atoms with Gasteiger partial charge < -0.3 is 10.2 Å². The van der Waals surface area contributed by atoms with Crippen molar-refractivity contribution in [3.05, 3.63) is 11.3 Å². The van der Waals surface area contributed by atoms with Crippen molar-refractivity contribution >= 4 is 11.5 Å². The van der Waals surface area contributed by atoms with Crippen molar-refractivity contribution in [3.8, 4) is 0 Å². The van der Waals surface area contributed by atoms with Crippen LogP contribution in [0.5, 0.6) is 0 Å². The van der Waals surface area contributed by atoms with E-state index in [4.69, 9.17) is 5.11 Å². The molecule has 4 nitrogen and oxygen atoms in total. The highest BCUT2D eigenvalue weighted by Crippen LogP contribution is 2.36. The summed E-state index contributed by atoms with van der Waals surface area (Å²) in [7, 11) is 0. The fraction of sp³-hybridized carbons (Fsp3) is 0.692. The lowest BCUT2D eigenvalue weighted by atomic mass is 9.76. The van der Waals surface area contributed by atoms with Crippen molar-refractivity contribution in [3.63, 3.8) is 0 Å². The minimum atomic E-state index is -0.539. The molecule has 2 N–H and O–H groups in total. The Balaban J connectivity index is 2.96. The topological polar surface area (TPSA) is 69.9 Å². The van der Waals surface area contributed by atoms with E-state index < -0.39 is 6.10 Å². The van der Waals surface area contributed by atoms with E-state index in [0.29, 0.717) is 24.1 Å². The number of aliphatic hydroxyl groups excluding tert-OH is 2. The van der Waals surface area contributed by atoms with Gasteiger partial charge in [-0.2, -0.15) is 0 Å². The summed E-state index contributed by atoms with van der Waals surface area (Å²) >= 11 is 0. The van der Waals surface area contributed by atoms with Crippen molar-refractivity contribution in [1.29, 1.82) is 0 Å². The Morgan fingerprint density at radius 1 is 1.47 bits per heavy atom. The smallest absolute Gasteiger partial charge is 0.168 e. The minimum Gasteiger partial charge on any atom is -0.511 e. The summed E-state index contributed by atoms with van der Waals surface area (Å²) in [5, 5.41) is 19.1. The molecular formula is C13H21NO3. The molecule has 0 heterocycles. The standard InChI is InChI=1S/C13H21NO3/c1-8(15)7-14-9(2)12-10(16)5-13(3,4)6-11(12)17/h8,15-16H,5-7H2,1-4H3. The van der Waals surface area contributed by atoms with Gasteiger partial charge in [0.1, 0.15) is 5.76 Å². The molecule has 1 aliphatic carbocycles. The summed E-state index contributed by atoms with van der Waals surface area (Å²) in [5.41, 5.74) is 0.670. The van der Waals surface area contributed by atoms with Gasteiger partial charge in [-0.1, -0.05) is 13.8 Å². The highest BCUT2D eigenvalue weighted by Gasteiger charge is 2.33. The van der Waals surface area contributed by atoms with E-state index in [1.54, 1.807) is 13.8 Å². The van der Waals surface area contributed by atoms with E-state index in [1.165, 1.54) is 0 Å². The van der Waals surface area contributed by atoms with Gasteiger partial charge in [-0.3, -0.25) is 9.79 Å². The Bertz CT molecular complexity index is 378. The second kappa shape index (κ2) is 5.00.